The molecule has 1 rings (SSSR count). The lowest BCUT2D eigenvalue weighted by atomic mass is 9.94. The van der Waals surface area contributed by atoms with E-state index >= 15 is 0 Å². The normalized spacial score (nSPS) is 20.7. The standard InChI is InChI=1S/C9H16N2O2.C2H6.H2/c1-6(2)7-5-8(12)11(4-3-10)9(7)13;1-2;/h6-7H,3-5,10H2,1-2H3;1-2H3;1H. The van der Waals surface area contributed by atoms with Crippen molar-refractivity contribution >= 4 is 11.8 Å². The van der Waals surface area contributed by atoms with Crippen LogP contribution in [0.4, 0.5) is 0 Å². The van der Waals surface area contributed by atoms with Gasteiger partial charge < -0.3 is 5.73 Å². The summed E-state index contributed by atoms with van der Waals surface area (Å²) >= 11 is 0. The number of imide groups is 1. The Labute approximate surface area is 93.3 Å². The summed E-state index contributed by atoms with van der Waals surface area (Å²) in [6.45, 7) is 8.63. The van der Waals surface area contributed by atoms with Crippen LogP contribution in [-0.4, -0.2) is 29.8 Å². The molecule has 1 saturated heterocycles. The fourth-order valence-electron chi connectivity index (χ4n) is 1.59. The molecule has 15 heavy (non-hydrogen) atoms. The van der Waals surface area contributed by atoms with Crippen molar-refractivity contribution in [3.63, 3.8) is 0 Å². The zero-order valence-corrected chi connectivity index (χ0v) is 10.1. The van der Waals surface area contributed by atoms with Gasteiger partial charge in [-0.2, -0.15) is 0 Å². The molecule has 0 aromatic carbocycles. The van der Waals surface area contributed by atoms with Gasteiger partial charge >= 0.3 is 0 Å². The van der Waals surface area contributed by atoms with Crippen LogP contribution in [0, 0.1) is 11.8 Å². The summed E-state index contributed by atoms with van der Waals surface area (Å²) in [4.78, 5) is 24.2. The second kappa shape index (κ2) is 6.56. The summed E-state index contributed by atoms with van der Waals surface area (Å²) in [5.41, 5.74) is 5.31. The Morgan fingerprint density at radius 2 is 2.00 bits per heavy atom. The minimum atomic E-state index is -0.126. The fraction of sp³-hybridized carbons (Fsp3) is 0.818. The third-order valence-corrected chi connectivity index (χ3v) is 2.44. The molecule has 2 N–H and O–H groups in total. The quantitative estimate of drug-likeness (QED) is 0.722. The Kier molecular flexibility index (Phi) is 6.17. The van der Waals surface area contributed by atoms with Crippen molar-refractivity contribution in [2.75, 3.05) is 13.1 Å². The van der Waals surface area contributed by atoms with E-state index in [9.17, 15) is 9.59 Å². The lowest BCUT2D eigenvalue weighted by Crippen LogP contribution is -2.35. The molecule has 2 amide bonds. The van der Waals surface area contributed by atoms with Crippen LogP contribution in [0.15, 0.2) is 0 Å². The molecule has 1 atom stereocenters. The summed E-state index contributed by atoms with van der Waals surface area (Å²) in [6, 6.07) is 0. The van der Waals surface area contributed by atoms with Crippen molar-refractivity contribution in [2.24, 2.45) is 17.6 Å². The third kappa shape index (κ3) is 3.30. The maximum absolute atomic E-state index is 11.6. The van der Waals surface area contributed by atoms with Gasteiger partial charge in [0.15, 0.2) is 0 Å². The summed E-state index contributed by atoms with van der Waals surface area (Å²) < 4.78 is 0. The molecule has 0 aromatic rings. The van der Waals surface area contributed by atoms with Gasteiger partial charge in [0.25, 0.3) is 0 Å². The van der Waals surface area contributed by atoms with E-state index in [2.05, 4.69) is 0 Å². The Balaban J connectivity index is 0. The van der Waals surface area contributed by atoms with Crippen LogP contribution in [0.1, 0.15) is 35.5 Å². The number of hydrogen-bond donors (Lipinski definition) is 1. The lowest BCUT2D eigenvalue weighted by Gasteiger charge is -2.14. The number of nitrogens with two attached hydrogens (primary N) is 1. The first-order valence-electron chi connectivity index (χ1n) is 5.62. The van der Waals surface area contributed by atoms with Crippen LogP contribution in [0.5, 0.6) is 0 Å². The number of amides is 2. The third-order valence-electron chi connectivity index (χ3n) is 2.44. The number of nitrogens with zero attached hydrogens (tertiary/aromatic N) is 1. The maximum Gasteiger partial charge on any atom is 0.233 e. The molecule has 4 heteroatoms. The topological polar surface area (TPSA) is 63.4 Å². The molecule has 1 fully saturated rings. The minimum Gasteiger partial charge on any atom is -0.329 e. The fourth-order valence-corrected chi connectivity index (χ4v) is 1.59. The van der Waals surface area contributed by atoms with Crippen LogP contribution in [-0.2, 0) is 9.59 Å². The summed E-state index contributed by atoms with van der Waals surface area (Å²) in [5.74, 6) is -0.0159. The molecule has 1 aliphatic rings. The molecule has 90 valence electrons. The smallest absolute Gasteiger partial charge is 0.233 e. The lowest BCUT2D eigenvalue weighted by molar-refractivity contribution is -0.139. The van der Waals surface area contributed by atoms with Gasteiger partial charge in [0.05, 0.1) is 0 Å². The molecular weight excluding hydrogens is 192 g/mol. The van der Waals surface area contributed by atoms with Gasteiger partial charge in [-0.1, -0.05) is 27.7 Å². The molecular formula is C11H24N2O2. The zero-order chi connectivity index (χ0) is 12.0. The van der Waals surface area contributed by atoms with Gasteiger partial charge in [0.2, 0.25) is 11.8 Å². The van der Waals surface area contributed by atoms with Crippen LogP contribution >= 0.6 is 0 Å². The van der Waals surface area contributed by atoms with Crippen LogP contribution in [0.3, 0.4) is 0 Å². The average molecular weight is 216 g/mol. The van der Waals surface area contributed by atoms with E-state index in [0.717, 1.165) is 0 Å². The summed E-state index contributed by atoms with van der Waals surface area (Å²) in [6.07, 6.45) is 0.358. The first-order chi connectivity index (χ1) is 7.07. The summed E-state index contributed by atoms with van der Waals surface area (Å²) in [7, 11) is 0. The number of hydrogen-bond acceptors (Lipinski definition) is 3. The molecule has 1 heterocycles. The number of likely N-dealkylation sites (tertiary alicyclic amines) is 1. The maximum atomic E-state index is 11.6. The van der Waals surface area contributed by atoms with E-state index in [-0.39, 0.29) is 25.1 Å². The van der Waals surface area contributed by atoms with Gasteiger partial charge in [0.1, 0.15) is 0 Å². The van der Waals surface area contributed by atoms with E-state index in [4.69, 9.17) is 5.73 Å². The average Bonchev–Trinajstić information content (AvgIpc) is 2.49. The van der Waals surface area contributed by atoms with Crippen molar-refractivity contribution in [1.82, 2.24) is 4.90 Å². The summed E-state index contributed by atoms with van der Waals surface area (Å²) in [5, 5.41) is 0. The molecule has 0 radical (unpaired) electrons. The second-order valence-electron chi connectivity index (χ2n) is 3.73. The highest BCUT2D eigenvalue weighted by atomic mass is 16.2. The van der Waals surface area contributed by atoms with Crippen molar-refractivity contribution < 1.29 is 11.0 Å². The van der Waals surface area contributed by atoms with Crippen molar-refractivity contribution in [3.8, 4) is 0 Å². The van der Waals surface area contributed by atoms with E-state index in [1.165, 1.54) is 4.90 Å². The van der Waals surface area contributed by atoms with Crippen molar-refractivity contribution in [2.45, 2.75) is 34.1 Å². The molecule has 0 saturated carbocycles. The molecule has 0 aliphatic carbocycles. The Morgan fingerprint density at radius 1 is 1.47 bits per heavy atom. The predicted molar refractivity (Wildman–Crippen MR) is 62.2 cm³/mol. The van der Waals surface area contributed by atoms with Crippen LogP contribution in [0.2, 0.25) is 0 Å². The van der Waals surface area contributed by atoms with Crippen LogP contribution < -0.4 is 5.73 Å². The minimum absolute atomic E-state index is 0. The molecule has 0 bridgehead atoms. The molecule has 0 spiro atoms. The van der Waals surface area contributed by atoms with Crippen LogP contribution in [0.25, 0.3) is 0 Å². The molecule has 1 aliphatic heterocycles. The van der Waals surface area contributed by atoms with Crippen molar-refractivity contribution in [3.05, 3.63) is 0 Å². The van der Waals surface area contributed by atoms with Crippen molar-refractivity contribution in [1.29, 1.82) is 0 Å². The highest BCUT2D eigenvalue weighted by Crippen LogP contribution is 2.25. The molecule has 4 nitrogen and oxygen atoms in total. The highest BCUT2D eigenvalue weighted by molar-refractivity contribution is 6.03. The zero-order valence-electron chi connectivity index (χ0n) is 10.1. The first-order valence-corrected chi connectivity index (χ1v) is 5.62. The Morgan fingerprint density at radius 3 is 2.33 bits per heavy atom. The van der Waals surface area contributed by atoms with Gasteiger partial charge in [-0.05, 0) is 5.92 Å². The number of carbonyl (C=O) groups is 2. The number of rotatable bonds is 3. The van der Waals surface area contributed by atoms with E-state index in [0.29, 0.717) is 19.5 Å². The molecule has 1 unspecified atom stereocenters. The predicted octanol–water partition coefficient (Wildman–Crippen LogP) is 1.25. The SMILES string of the molecule is CC.CC(C)C1CC(=O)N(CCN)C1=O.[HH]. The monoisotopic (exact) mass is 216 g/mol. The largest absolute Gasteiger partial charge is 0.329 e. The van der Waals surface area contributed by atoms with E-state index in [1.807, 2.05) is 27.7 Å². The second-order valence-corrected chi connectivity index (χ2v) is 3.73. The van der Waals surface area contributed by atoms with Gasteiger partial charge in [-0.3, -0.25) is 14.5 Å². The van der Waals surface area contributed by atoms with Gasteiger partial charge in [-0.25, -0.2) is 0 Å². The molecule has 0 aromatic heterocycles. The number of carbonyl (C=O) groups excluding carboxylic acids is 2. The van der Waals surface area contributed by atoms with Gasteiger partial charge in [0, 0.05) is 26.9 Å². The van der Waals surface area contributed by atoms with E-state index in [1.54, 1.807) is 0 Å². The Hall–Kier alpha value is -0.900. The Bertz CT molecular complexity index is 232. The van der Waals surface area contributed by atoms with E-state index < -0.39 is 0 Å². The first kappa shape index (κ1) is 14.1. The highest BCUT2D eigenvalue weighted by Gasteiger charge is 2.39. The van der Waals surface area contributed by atoms with Gasteiger partial charge in [-0.15, -0.1) is 0 Å².